The van der Waals surface area contributed by atoms with Crippen LogP contribution in [0, 0.1) is 17.0 Å². The van der Waals surface area contributed by atoms with Gasteiger partial charge in [0, 0.05) is 39.6 Å². The molecule has 5 rings (SSSR count). The van der Waals surface area contributed by atoms with E-state index in [1.807, 2.05) is 0 Å². The Hall–Kier alpha value is -5.39. The van der Waals surface area contributed by atoms with Gasteiger partial charge in [0.1, 0.15) is 21.9 Å². The second-order valence-corrected chi connectivity index (χ2v) is 13.0. The number of benzene rings is 3. The van der Waals surface area contributed by atoms with Gasteiger partial charge in [-0.3, -0.25) is 28.8 Å². The number of halogens is 3. The fourth-order valence-electron chi connectivity index (χ4n) is 4.36. The fourth-order valence-corrected chi connectivity index (χ4v) is 6.27. The maximum Gasteiger partial charge on any atom is 0.288 e. The number of hydrogen-bond acceptors (Lipinski definition) is 10. The highest BCUT2D eigenvalue weighted by molar-refractivity contribution is 7.99. The van der Waals surface area contributed by atoms with Crippen LogP contribution in [0.3, 0.4) is 0 Å². The number of amides is 1. The topological polar surface area (TPSA) is 177 Å². The third-order valence-corrected chi connectivity index (χ3v) is 8.99. The van der Waals surface area contributed by atoms with E-state index in [9.17, 15) is 36.9 Å². The van der Waals surface area contributed by atoms with Crippen LogP contribution in [0.15, 0.2) is 105 Å². The summed E-state index contributed by atoms with van der Waals surface area (Å²) in [4.78, 5) is 41.5. The van der Waals surface area contributed by atoms with Gasteiger partial charge in [-0.25, -0.2) is 18.8 Å². The number of alkyl halides is 2. The predicted molar refractivity (Wildman–Crippen MR) is 178 cm³/mol. The van der Waals surface area contributed by atoms with Gasteiger partial charge in [0.25, 0.3) is 32.9 Å². The first kappa shape index (κ1) is 34.0. The van der Waals surface area contributed by atoms with Gasteiger partial charge in [-0.05, 0) is 73.2 Å². The van der Waals surface area contributed by atoms with Crippen molar-refractivity contribution >= 4 is 74.0 Å². The molecule has 18 heteroatoms. The number of fused-ring (bicyclic) bond motifs is 1. The van der Waals surface area contributed by atoms with Crippen LogP contribution < -0.4 is 21.0 Å². The van der Waals surface area contributed by atoms with E-state index in [2.05, 4.69) is 25.6 Å². The van der Waals surface area contributed by atoms with Crippen LogP contribution in [0.2, 0.25) is 5.02 Å². The molecule has 2 heterocycles. The molecule has 3 aromatic carbocycles. The molecule has 0 fully saturated rings. The van der Waals surface area contributed by atoms with E-state index in [4.69, 9.17) is 11.6 Å². The van der Waals surface area contributed by atoms with Crippen molar-refractivity contribution in [3.63, 3.8) is 0 Å². The molecule has 0 saturated carbocycles. The van der Waals surface area contributed by atoms with Crippen LogP contribution in [0.1, 0.15) is 21.5 Å². The minimum atomic E-state index is -4.55. The molecule has 48 heavy (non-hydrogen) atoms. The average Bonchev–Trinajstić information content (AvgIpc) is 3.04. The summed E-state index contributed by atoms with van der Waals surface area (Å²) in [6.45, 7) is 1.74. The largest absolute Gasteiger partial charge is 0.339 e. The Morgan fingerprint density at radius 3 is 2.44 bits per heavy atom. The summed E-state index contributed by atoms with van der Waals surface area (Å²) in [6.07, 6.45) is 2.48. The number of carbonyl (C=O) groups is 1. The SMILES string of the molecule is Cc1cccn2c(=O)c(/C=N/NC(=O)c3ccc([N+](=O)[O-])cc3S(=O)(=O)Nc3ccc(Cl)cc3)c(Nc3ccc(SC(F)F)cc3)nc12. The number of hydrogen-bond donors (Lipinski definition) is 3. The maximum atomic E-state index is 13.5. The van der Waals surface area contributed by atoms with E-state index in [0.717, 1.165) is 24.4 Å². The number of sulfonamides is 1. The van der Waals surface area contributed by atoms with Gasteiger partial charge in [0.15, 0.2) is 0 Å². The molecule has 0 bridgehead atoms. The number of aryl methyl sites for hydroxylation is 1. The number of rotatable bonds is 11. The van der Waals surface area contributed by atoms with Crippen molar-refractivity contribution in [1.82, 2.24) is 14.8 Å². The number of nitro benzene ring substituents is 1. The standard InChI is InChI=1S/C30H22ClF2N7O6S2/c1-17-3-2-14-39-27(17)36-26(35-19-8-11-22(12-9-19)47-30(32)33)24(29(39)42)16-34-37-28(41)23-13-10-21(40(43)44)15-25(23)48(45,46)38-20-6-4-18(31)5-7-20/h2-16,30,35,38H,1H3,(H,37,41)/b34-16+. The summed E-state index contributed by atoms with van der Waals surface area (Å²) in [5, 5.41) is 18.6. The van der Waals surface area contributed by atoms with Gasteiger partial charge in [-0.1, -0.05) is 29.4 Å². The molecule has 13 nitrogen and oxygen atoms in total. The van der Waals surface area contributed by atoms with Crippen molar-refractivity contribution < 1.29 is 26.9 Å². The average molecular weight is 714 g/mol. The number of aromatic nitrogens is 2. The summed E-state index contributed by atoms with van der Waals surface area (Å²) < 4.78 is 55.6. The molecule has 1 amide bonds. The van der Waals surface area contributed by atoms with Crippen molar-refractivity contribution in [2.24, 2.45) is 5.10 Å². The summed E-state index contributed by atoms with van der Waals surface area (Å²) >= 11 is 6.23. The smallest absolute Gasteiger partial charge is 0.288 e. The molecule has 0 spiro atoms. The monoisotopic (exact) mass is 713 g/mol. The van der Waals surface area contributed by atoms with Crippen LogP contribution in [-0.4, -0.2) is 40.6 Å². The van der Waals surface area contributed by atoms with Crippen LogP contribution in [0.4, 0.5) is 31.7 Å². The first-order valence-electron chi connectivity index (χ1n) is 13.6. The molecule has 0 unspecified atom stereocenters. The number of non-ortho nitro benzene ring substituents is 1. The zero-order chi connectivity index (χ0) is 34.6. The number of nitrogens with one attached hydrogen (secondary N) is 3. The summed E-state index contributed by atoms with van der Waals surface area (Å²) in [7, 11) is -4.55. The predicted octanol–water partition coefficient (Wildman–Crippen LogP) is 6.19. The highest BCUT2D eigenvalue weighted by atomic mass is 35.5. The lowest BCUT2D eigenvalue weighted by Gasteiger charge is -2.13. The second-order valence-electron chi connectivity index (χ2n) is 9.84. The zero-order valence-electron chi connectivity index (χ0n) is 24.4. The molecule has 0 radical (unpaired) electrons. The Kier molecular flexibility index (Phi) is 10.0. The number of pyridine rings is 1. The lowest BCUT2D eigenvalue weighted by molar-refractivity contribution is -0.385. The molecule has 0 atom stereocenters. The minimum absolute atomic E-state index is 0.0207. The number of anilines is 3. The highest BCUT2D eigenvalue weighted by Crippen LogP contribution is 2.28. The minimum Gasteiger partial charge on any atom is -0.339 e. The van der Waals surface area contributed by atoms with Crippen LogP contribution in [0.5, 0.6) is 0 Å². The number of carbonyl (C=O) groups excluding carboxylic acids is 1. The van der Waals surface area contributed by atoms with Gasteiger partial charge < -0.3 is 5.32 Å². The third-order valence-electron chi connectivity index (χ3n) is 6.59. The zero-order valence-corrected chi connectivity index (χ0v) is 26.8. The molecular formula is C30H22ClF2N7O6S2. The van der Waals surface area contributed by atoms with Crippen molar-refractivity contribution in [1.29, 1.82) is 0 Å². The van der Waals surface area contributed by atoms with E-state index < -0.39 is 48.3 Å². The molecule has 0 aliphatic heterocycles. The van der Waals surface area contributed by atoms with Gasteiger partial charge >= 0.3 is 0 Å². The summed E-state index contributed by atoms with van der Waals surface area (Å²) in [6, 6.07) is 17.5. The molecule has 5 aromatic rings. The number of nitrogens with zero attached hydrogens (tertiary/aromatic N) is 4. The van der Waals surface area contributed by atoms with Gasteiger partial charge in [-0.15, -0.1) is 0 Å². The normalized spacial score (nSPS) is 11.6. The van der Waals surface area contributed by atoms with Crippen molar-refractivity contribution in [2.45, 2.75) is 22.5 Å². The van der Waals surface area contributed by atoms with Crippen molar-refractivity contribution in [2.75, 3.05) is 10.0 Å². The maximum absolute atomic E-state index is 13.5. The Labute approximate surface area is 279 Å². The van der Waals surface area contributed by atoms with Crippen LogP contribution >= 0.6 is 23.4 Å². The third kappa shape index (κ3) is 7.76. The Morgan fingerprint density at radius 2 is 1.77 bits per heavy atom. The Bertz CT molecular complexity index is 2230. The second kappa shape index (κ2) is 14.2. The van der Waals surface area contributed by atoms with E-state index in [1.165, 1.54) is 59.1 Å². The highest BCUT2D eigenvalue weighted by Gasteiger charge is 2.26. The van der Waals surface area contributed by atoms with E-state index in [0.29, 0.717) is 38.6 Å². The van der Waals surface area contributed by atoms with Crippen LogP contribution in [-0.2, 0) is 10.0 Å². The Morgan fingerprint density at radius 1 is 1.08 bits per heavy atom. The van der Waals surface area contributed by atoms with Crippen molar-refractivity contribution in [3.05, 3.63) is 127 Å². The Balaban J connectivity index is 1.48. The molecule has 0 saturated heterocycles. The molecule has 2 aromatic heterocycles. The number of nitro groups is 1. The van der Waals surface area contributed by atoms with Gasteiger partial charge in [-0.2, -0.15) is 13.9 Å². The summed E-state index contributed by atoms with van der Waals surface area (Å²) in [5.41, 5.74) is 1.84. The summed E-state index contributed by atoms with van der Waals surface area (Å²) in [5.74, 6) is -3.65. The lowest BCUT2D eigenvalue weighted by atomic mass is 10.2. The first-order chi connectivity index (χ1) is 22.8. The number of hydrazone groups is 1. The van der Waals surface area contributed by atoms with E-state index >= 15 is 0 Å². The molecule has 246 valence electrons. The van der Waals surface area contributed by atoms with Crippen molar-refractivity contribution in [3.8, 4) is 0 Å². The first-order valence-corrected chi connectivity index (χ1v) is 16.3. The van der Waals surface area contributed by atoms with Crippen LogP contribution in [0.25, 0.3) is 5.65 Å². The molecule has 0 aliphatic carbocycles. The molecule has 0 aliphatic rings. The fraction of sp³-hybridized carbons (Fsp3) is 0.0667. The molecular weight excluding hydrogens is 692 g/mol. The van der Waals surface area contributed by atoms with Gasteiger partial charge in [0.05, 0.1) is 16.7 Å². The number of thioether (sulfide) groups is 1. The quantitative estimate of drug-likeness (QED) is 0.0624. The van der Waals surface area contributed by atoms with E-state index in [1.54, 1.807) is 19.1 Å². The van der Waals surface area contributed by atoms with E-state index in [-0.39, 0.29) is 17.1 Å². The lowest BCUT2D eigenvalue weighted by Crippen LogP contribution is -2.25. The molecule has 3 N–H and O–H groups in total. The van der Waals surface area contributed by atoms with Gasteiger partial charge in [0.2, 0.25) is 0 Å².